The van der Waals surface area contributed by atoms with Gasteiger partial charge in [0, 0.05) is 11.3 Å². The summed E-state index contributed by atoms with van der Waals surface area (Å²) in [7, 11) is 0. The summed E-state index contributed by atoms with van der Waals surface area (Å²) in [6, 6.07) is 10.4. The number of hydrogen-bond donors (Lipinski definition) is 2. The zero-order chi connectivity index (χ0) is 18.0. The van der Waals surface area contributed by atoms with Crippen LogP contribution in [0.4, 0.5) is 11.6 Å². The Bertz CT molecular complexity index is 946. The molecule has 0 saturated carbocycles. The number of aliphatic hydroxyl groups excluding tert-OH is 1. The van der Waals surface area contributed by atoms with Crippen LogP contribution < -0.4 is 5.32 Å². The predicted octanol–water partition coefficient (Wildman–Crippen LogP) is 3.85. The molecule has 0 atom stereocenters. The first-order valence-electron chi connectivity index (χ1n) is 7.03. The van der Waals surface area contributed by atoms with E-state index in [-0.39, 0.29) is 12.4 Å². The fourth-order valence-corrected chi connectivity index (χ4v) is 2.41. The SMILES string of the molecule is O=C(Nc1ccc(-c2ccc(CO)o2)c(Cl)c1)c1ccc([N+](=O)[O-])o1. The molecule has 0 unspecified atom stereocenters. The highest BCUT2D eigenvalue weighted by atomic mass is 35.5. The van der Waals surface area contributed by atoms with E-state index in [0.29, 0.717) is 27.8 Å². The third kappa shape index (κ3) is 3.54. The summed E-state index contributed by atoms with van der Waals surface area (Å²) in [5, 5.41) is 22.5. The summed E-state index contributed by atoms with van der Waals surface area (Å²) in [4.78, 5) is 21.9. The van der Waals surface area contributed by atoms with Crippen LogP contribution in [0.2, 0.25) is 5.02 Å². The number of anilines is 1. The van der Waals surface area contributed by atoms with E-state index >= 15 is 0 Å². The van der Waals surface area contributed by atoms with Gasteiger partial charge in [-0.25, -0.2) is 0 Å². The number of nitrogens with one attached hydrogen (secondary N) is 1. The molecule has 3 aromatic rings. The van der Waals surface area contributed by atoms with Gasteiger partial charge in [-0.3, -0.25) is 14.9 Å². The van der Waals surface area contributed by atoms with Crippen molar-refractivity contribution in [1.82, 2.24) is 0 Å². The molecular formula is C16H11ClN2O6. The number of nitro groups is 1. The zero-order valence-corrected chi connectivity index (χ0v) is 13.3. The Morgan fingerprint density at radius 2 is 2.00 bits per heavy atom. The van der Waals surface area contributed by atoms with E-state index in [2.05, 4.69) is 5.32 Å². The highest BCUT2D eigenvalue weighted by Gasteiger charge is 2.18. The van der Waals surface area contributed by atoms with Gasteiger partial charge in [-0.15, -0.1) is 0 Å². The van der Waals surface area contributed by atoms with Crippen LogP contribution in [-0.4, -0.2) is 15.9 Å². The Hall–Kier alpha value is -3.10. The Morgan fingerprint density at radius 1 is 1.20 bits per heavy atom. The van der Waals surface area contributed by atoms with Crippen molar-refractivity contribution in [3.8, 4) is 11.3 Å². The van der Waals surface area contributed by atoms with Gasteiger partial charge in [0.05, 0.1) is 11.1 Å². The molecule has 2 aromatic heterocycles. The summed E-state index contributed by atoms with van der Waals surface area (Å²) in [6.45, 7) is -0.221. The van der Waals surface area contributed by atoms with Gasteiger partial charge < -0.3 is 19.3 Å². The van der Waals surface area contributed by atoms with Crippen LogP contribution in [0, 0.1) is 10.1 Å². The molecule has 0 bridgehead atoms. The molecular weight excluding hydrogens is 352 g/mol. The molecule has 1 aromatic carbocycles. The van der Waals surface area contributed by atoms with E-state index in [9.17, 15) is 14.9 Å². The summed E-state index contributed by atoms with van der Waals surface area (Å²) >= 11 is 6.20. The fourth-order valence-electron chi connectivity index (χ4n) is 2.14. The van der Waals surface area contributed by atoms with Gasteiger partial charge in [0.15, 0.2) is 5.76 Å². The third-order valence-electron chi connectivity index (χ3n) is 3.31. The number of amides is 1. The van der Waals surface area contributed by atoms with Crippen molar-refractivity contribution in [3.63, 3.8) is 0 Å². The summed E-state index contributed by atoms with van der Waals surface area (Å²) in [5.41, 5.74) is 0.972. The van der Waals surface area contributed by atoms with Crippen molar-refractivity contribution in [2.24, 2.45) is 0 Å². The van der Waals surface area contributed by atoms with Gasteiger partial charge in [-0.05, 0) is 36.4 Å². The number of rotatable bonds is 5. The maximum atomic E-state index is 12.0. The maximum absolute atomic E-state index is 12.0. The second kappa shape index (κ2) is 6.80. The monoisotopic (exact) mass is 362 g/mol. The quantitative estimate of drug-likeness (QED) is 0.525. The number of hydrogen-bond acceptors (Lipinski definition) is 6. The highest BCUT2D eigenvalue weighted by Crippen LogP contribution is 2.32. The maximum Gasteiger partial charge on any atom is 0.433 e. The Morgan fingerprint density at radius 3 is 2.60 bits per heavy atom. The lowest BCUT2D eigenvalue weighted by Gasteiger charge is -2.06. The van der Waals surface area contributed by atoms with Gasteiger partial charge in [-0.2, -0.15) is 0 Å². The minimum atomic E-state index is -0.730. The average molecular weight is 363 g/mol. The van der Waals surface area contributed by atoms with Crippen molar-refractivity contribution in [2.75, 3.05) is 5.32 Å². The number of halogens is 1. The number of nitrogens with zero attached hydrogens (tertiary/aromatic N) is 1. The molecule has 2 N–H and O–H groups in total. The Balaban J connectivity index is 1.78. The Kier molecular flexibility index (Phi) is 4.55. The standard InChI is InChI=1S/C16H11ClN2O6/c17-12-7-9(1-3-11(12)13-4-2-10(8-20)24-13)18-16(21)14-5-6-15(25-14)19(22)23/h1-7,20H,8H2,(H,18,21). The summed E-state index contributed by atoms with van der Waals surface area (Å²) < 4.78 is 10.2. The molecule has 0 aliphatic heterocycles. The van der Waals surface area contributed by atoms with Crippen LogP contribution in [0.1, 0.15) is 16.3 Å². The molecule has 1 amide bonds. The zero-order valence-electron chi connectivity index (χ0n) is 12.6. The van der Waals surface area contributed by atoms with Crippen LogP contribution >= 0.6 is 11.6 Å². The first-order chi connectivity index (χ1) is 12.0. The lowest BCUT2D eigenvalue weighted by atomic mass is 10.1. The fraction of sp³-hybridized carbons (Fsp3) is 0.0625. The molecule has 0 radical (unpaired) electrons. The summed E-state index contributed by atoms with van der Waals surface area (Å²) in [5.74, 6) is -0.463. The minimum Gasteiger partial charge on any atom is -0.459 e. The number of carbonyl (C=O) groups excluding carboxylic acids is 1. The highest BCUT2D eigenvalue weighted by molar-refractivity contribution is 6.33. The molecule has 0 fully saturated rings. The van der Waals surface area contributed by atoms with Gasteiger partial charge in [0.1, 0.15) is 23.1 Å². The molecule has 25 heavy (non-hydrogen) atoms. The third-order valence-corrected chi connectivity index (χ3v) is 3.62. The number of aliphatic hydroxyl groups is 1. The molecule has 3 rings (SSSR count). The molecule has 0 saturated heterocycles. The van der Waals surface area contributed by atoms with E-state index in [1.807, 2.05) is 0 Å². The van der Waals surface area contributed by atoms with E-state index < -0.39 is 16.7 Å². The molecule has 0 aliphatic carbocycles. The molecule has 0 aliphatic rings. The van der Waals surface area contributed by atoms with Gasteiger partial charge in [0.2, 0.25) is 0 Å². The second-order valence-electron chi connectivity index (χ2n) is 4.97. The van der Waals surface area contributed by atoms with Gasteiger partial charge >= 0.3 is 5.88 Å². The van der Waals surface area contributed by atoms with Crippen LogP contribution in [0.25, 0.3) is 11.3 Å². The van der Waals surface area contributed by atoms with Crippen LogP contribution in [-0.2, 0) is 6.61 Å². The second-order valence-corrected chi connectivity index (χ2v) is 5.38. The van der Waals surface area contributed by atoms with Crippen LogP contribution in [0.15, 0.2) is 51.3 Å². The van der Waals surface area contributed by atoms with E-state index in [1.54, 1.807) is 24.3 Å². The Labute approximate surface area is 145 Å². The molecule has 0 spiro atoms. The smallest absolute Gasteiger partial charge is 0.433 e. The van der Waals surface area contributed by atoms with Crippen molar-refractivity contribution in [3.05, 3.63) is 69.1 Å². The normalized spacial score (nSPS) is 10.6. The molecule has 2 heterocycles. The number of furan rings is 2. The van der Waals surface area contributed by atoms with E-state index in [4.69, 9.17) is 25.5 Å². The average Bonchev–Trinajstić information content (AvgIpc) is 3.24. The predicted molar refractivity (Wildman–Crippen MR) is 88.4 cm³/mol. The molecule has 9 heteroatoms. The van der Waals surface area contributed by atoms with E-state index in [0.717, 1.165) is 6.07 Å². The first kappa shape index (κ1) is 16.7. The minimum absolute atomic E-state index is 0.189. The number of carbonyl (C=O) groups is 1. The van der Waals surface area contributed by atoms with Crippen LogP contribution in [0.3, 0.4) is 0 Å². The van der Waals surface area contributed by atoms with Crippen molar-refractivity contribution in [1.29, 1.82) is 0 Å². The molecule has 128 valence electrons. The van der Waals surface area contributed by atoms with Crippen molar-refractivity contribution >= 4 is 29.1 Å². The lowest BCUT2D eigenvalue weighted by molar-refractivity contribution is -0.402. The van der Waals surface area contributed by atoms with Gasteiger partial charge in [-0.1, -0.05) is 11.6 Å². The summed E-state index contributed by atoms with van der Waals surface area (Å²) in [6.07, 6.45) is 0. The number of benzene rings is 1. The largest absolute Gasteiger partial charge is 0.459 e. The molecule has 8 nitrogen and oxygen atoms in total. The van der Waals surface area contributed by atoms with Crippen LogP contribution in [0.5, 0.6) is 0 Å². The first-order valence-corrected chi connectivity index (χ1v) is 7.41. The topological polar surface area (TPSA) is 119 Å². The van der Waals surface area contributed by atoms with Crippen molar-refractivity contribution in [2.45, 2.75) is 6.61 Å². The van der Waals surface area contributed by atoms with Crippen molar-refractivity contribution < 1.29 is 23.7 Å². The van der Waals surface area contributed by atoms with Gasteiger partial charge in [0.25, 0.3) is 5.91 Å². The lowest BCUT2D eigenvalue weighted by Crippen LogP contribution is -2.10. The van der Waals surface area contributed by atoms with E-state index in [1.165, 1.54) is 12.1 Å².